The molecule has 0 aliphatic heterocycles. The lowest BCUT2D eigenvalue weighted by molar-refractivity contribution is -0.147. The van der Waals surface area contributed by atoms with E-state index < -0.39 is 29.8 Å². The number of hydrogen-bond donors (Lipinski definition) is 2. The molecule has 0 aliphatic rings. The zero-order valence-electron chi connectivity index (χ0n) is 23.2. The van der Waals surface area contributed by atoms with Gasteiger partial charge in [0.2, 0.25) is 0 Å². The van der Waals surface area contributed by atoms with Crippen molar-refractivity contribution in [1.29, 1.82) is 0 Å². The quantitative estimate of drug-likeness (QED) is 0.244. The van der Waals surface area contributed by atoms with Gasteiger partial charge >= 0.3 is 12.1 Å². The lowest BCUT2D eigenvalue weighted by Gasteiger charge is -2.18. The summed E-state index contributed by atoms with van der Waals surface area (Å²) in [5.41, 5.74) is 3.25. The van der Waals surface area contributed by atoms with E-state index in [1.165, 1.54) is 19.2 Å². The minimum atomic E-state index is -1.28. The number of carbonyl (C=O) groups excluding carboxylic acids is 3. The summed E-state index contributed by atoms with van der Waals surface area (Å²) in [7, 11) is 3.24. The van der Waals surface area contributed by atoms with Crippen LogP contribution in [0.5, 0.6) is 0 Å². The SMILES string of the molecule is COCc1cnn(C)c1-c1cc(F)cc(C(=O)NC[C@@H](NC(=O)OCc2ccccc2)C(=O)OCc2ccccc2)c1. The number of amides is 2. The van der Waals surface area contributed by atoms with Gasteiger partial charge in [0, 0.05) is 37.4 Å². The molecular weight excluding hydrogens is 543 g/mol. The number of methoxy groups -OCH3 is 1. The number of halogens is 1. The van der Waals surface area contributed by atoms with Crippen molar-refractivity contribution in [1.82, 2.24) is 20.4 Å². The summed E-state index contributed by atoms with van der Waals surface area (Å²) >= 11 is 0. The molecule has 10 nitrogen and oxygen atoms in total. The molecule has 218 valence electrons. The Bertz CT molecular complexity index is 1510. The number of rotatable bonds is 12. The molecule has 0 fully saturated rings. The second kappa shape index (κ2) is 14.6. The van der Waals surface area contributed by atoms with Gasteiger partial charge < -0.3 is 24.8 Å². The van der Waals surface area contributed by atoms with Crippen molar-refractivity contribution in [3.05, 3.63) is 113 Å². The molecule has 2 amide bonds. The Morgan fingerprint density at radius 1 is 0.905 bits per heavy atom. The van der Waals surface area contributed by atoms with E-state index in [-0.39, 0.29) is 31.9 Å². The summed E-state index contributed by atoms with van der Waals surface area (Å²) in [6.45, 7) is -0.137. The van der Waals surface area contributed by atoms with E-state index in [0.717, 1.165) is 22.8 Å². The third-order valence-corrected chi connectivity index (χ3v) is 6.23. The van der Waals surface area contributed by atoms with Crippen LogP contribution in [0.25, 0.3) is 11.3 Å². The van der Waals surface area contributed by atoms with Crippen LogP contribution < -0.4 is 10.6 Å². The highest BCUT2D eigenvalue weighted by Gasteiger charge is 2.25. The normalized spacial score (nSPS) is 11.4. The Kier molecular flexibility index (Phi) is 10.4. The molecule has 0 saturated carbocycles. The number of alkyl carbamates (subject to hydrolysis) is 1. The van der Waals surface area contributed by atoms with E-state index in [1.807, 2.05) is 12.1 Å². The number of hydrogen-bond acceptors (Lipinski definition) is 7. The fourth-order valence-electron chi connectivity index (χ4n) is 4.20. The van der Waals surface area contributed by atoms with Gasteiger partial charge in [0.25, 0.3) is 5.91 Å². The maximum absolute atomic E-state index is 14.6. The van der Waals surface area contributed by atoms with Crippen LogP contribution in [0, 0.1) is 5.82 Å². The summed E-state index contributed by atoms with van der Waals surface area (Å²) < 4.78 is 32.0. The van der Waals surface area contributed by atoms with Gasteiger partial charge in [0.15, 0.2) is 0 Å². The molecule has 11 heteroatoms. The van der Waals surface area contributed by atoms with Crippen LogP contribution >= 0.6 is 0 Å². The van der Waals surface area contributed by atoms with Gasteiger partial charge in [0.1, 0.15) is 25.1 Å². The second-order valence-corrected chi connectivity index (χ2v) is 9.37. The Balaban J connectivity index is 1.46. The van der Waals surface area contributed by atoms with E-state index in [0.29, 0.717) is 11.3 Å². The number of esters is 1. The molecular formula is C31H31FN4O6. The molecule has 1 heterocycles. The second-order valence-electron chi connectivity index (χ2n) is 9.37. The summed E-state index contributed by atoms with van der Waals surface area (Å²) in [4.78, 5) is 38.6. The Morgan fingerprint density at radius 2 is 1.55 bits per heavy atom. The van der Waals surface area contributed by atoms with Gasteiger partial charge in [-0.1, -0.05) is 60.7 Å². The summed E-state index contributed by atoms with van der Waals surface area (Å²) in [5.74, 6) is -2.08. The lowest BCUT2D eigenvalue weighted by atomic mass is 10.0. The number of aromatic nitrogens is 2. The first kappa shape index (κ1) is 29.9. The Morgan fingerprint density at radius 3 is 2.19 bits per heavy atom. The van der Waals surface area contributed by atoms with Crippen molar-refractivity contribution in [3.8, 4) is 11.3 Å². The molecule has 2 N–H and O–H groups in total. The molecule has 0 unspecified atom stereocenters. The van der Waals surface area contributed by atoms with Gasteiger partial charge in [-0.3, -0.25) is 9.48 Å². The molecule has 1 aromatic heterocycles. The molecule has 4 rings (SSSR count). The Hall–Kier alpha value is -5.03. The summed E-state index contributed by atoms with van der Waals surface area (Å²) in [6.07, 6.45) is 0.738. The van der Waals surface area contributed by atoms with Crippen molar-refractivity contribution < 1.29 is 33.0 Å². The maximum atomic E-state index is 14.6. The number of ether oxygens (including phenoxy) is 3. The van der Waals surface area contributed by atoms with Crippen molar-refractivity contribution >= 4 is 18.0 Å². The van der Waals surface area contributed by atoms with Gasteiger partial charge in [0.05, 0.1) is 18.5 Å². The summed E-state index contributed by atoms with van der Waals surface area (Å²) in [5, 5.41) is 9.25. The predicted octanol–water partition coefficient (Wildman–Crippen LogP) is 4.14. The maximum Gasteiger partial charge on any atom is 0.408 e. The van der Waals surface area contributed by atoms with E-state index in [9.17, 15) is 18.8 Å². The molecule has 0 spiro atoms. The van der Waals surface area contributed by atoms with Crippen molar-refractivity contribution in [2.24, 2.45) is 7.05 Å². The average molecular weight is 575 g/mol. The molecule has 0 bridgehead atoms. The van der Waals surface area contributed by atoms with Crippen LogP contribution in [-0.2, 0) is 45.9 Å². The number of benzene rings is 3. The van der Waals surface area contributed by atoms with Gasteiger partial charge in [-0.15, -0.1) is 0 Å². The zero-order chi connectivity index (χ0) is 29.9. The number of nitrogens with zero attached hydrogens (tertiary/aromatic N) is 2. The molecule has 3 aromatic carbocycles. The Labute approximate surface area is 242 Å². The van der Waals surface area contributed by atoms with Crippen LogP contribution in [0.2, 0.25) is 0 Å². The number of aryl methyl sites for hydroxylation is 1. The largest absolute Gasteiger partial charge is 0.459 e. The predicted molar refractivity (Wildman–Crippen MR) is 151 cm³/mol. The average Bonchev–Trinajstić information content (AvgIpc) is 3.37. The van der Waals surface area contributed by atoms with Crippen molar-refractivity contribution in [3.63, 3.8) is 0 Å². The molecule has 42 heavy (non-hydrogen) atoms. The minimum Gasteiger partial charge on any atom is -0.459 e. The van der Waals surface area contributed by atoms with Crippen LogP contribution in [0.3, 0.4) is 0 Å². The van der Waals surface area contributed by atoms with Gasteiger partial charge in [-0.05, 0) is 29.3 Å². The van der Waals surface area contributed by atoms with Crippen molar-refractivity contribution in [2.75, 3.05) is 13.7 Å². The smallest absolute Gasteiger partial charge is 0.408 e. The zero-order valence-corrected chi connectivity index (χ0v) is 23.2. The van der Waals surface area contributed by atoms with Crippen LogP contribution in [-0.4, -0.2) is 47.4 Å². The molecule has 4 aromatic rings. The highest BCUT2D eigenvalue weighted by Crippen LogP contribution is 2.26. The lowest BCUT2D eigenvalue weighted by Crippen LogP contribution is -2.49. The standard InChI is InChI=1S/C31H31FN4O6/c1-36-28(25(16-34-36)20-40-2)23-13-24(15-26(32)14-23)29(37)33-17-27(30(38)41-18-21-9-5-3-6-10-21)35-31(39)42-19-22-11-7-4-8-12-22/h3-16,27H,17-20H2,1-2H3,(H,33,37)(H,35,39)/t27-/m1/s1. The number of carbonyl (C=O) groups is 3. The first-order chi connectivity index (χ1) is 20.3. The first-order valence-corrected chi connectivity index (χ1v) is 13.1. The number of nitrogens with one attached hydrogen (secondary N) is 2. The monoisotopic (exact) mass is 574 g/mol. The highest BCUT2D eigenvalue weighted by atomic mass is 19.1. The highest BCUT2D eigenvalue weighted by molar-refractivity contribution is 5.96. The molecule has 1 atom stereocenters. The van der Waals surface area contributed by atoms with Crippen molar-refractivity contribution in [2.45, 2.75) is 25.9 Å². The fraction of sp³-hybridized carbons (Fsp3) is 0.226. The van der Waals surface area contributed by atoms with Gasteiger partial charge in [-0.25, -0.2) is 14.0 Å². The minimum absolute atomic E-state index is 0.0117. The molecule has 0 saturated heterocycles. The molecule has 0 radical (unpaired) electrons. The van der Waals surface area contributed by atoms with Crippen LogP contribution in [0.1, 0.15) is 27.0 Å². The van der Waals surface area contributed by atoms with E-state index in [1.54, 1.807) is 66.5 Å². The third kappa shape index (κ3) is 8.24. The van der Waals surface area contributed by atoms with Gasteiger partial charge in [-0.2, -0.15) is 5.10 Å². The van der Waals surface area contributed by atoms with E-state index in [2.05, 4.69) is 15.7 Å². The van der Waals surface area contributed by atoms with E-state index in [4.69, 9.17) is 14.2 Å². The summed E-state index contributed by atoms with van der Waals surface area (Å²) in [6, 6.07) is 20.6. The van der Waals surface area contributed by atoms with Crippen LogP contribution in [0.15, 0.2) is 85.1 Å². The topological polar surface area (TPSA) is 121 Å². The van der Waals surface area contributed by atoms with E-state index >= 15 is 0 Å². The fourth-order valence-corrected chi connectivity index (χ4v) is 4.20. The first-order valence-electron chi connectivity index (χ1n) is 13.1. The molecule has 0 aliphatic carbocycles. The third-order valence-electron chi connectivity index (χ3n) is 6.23. The van der Waals surface area contributed by atoms with Crippen LogP contribution in [0.4, 0.5) is 9.18 Å².